The number of hydrogen-bond donors (Lipinski definition) is 1. The summed E-state index contributed by atoms with van der Waals surface area (Å²) in [6, 6.07) is 5.48. The molecule has 0 bridgehead atoms. The van der Waals surface area contributed by atoms with Gasteiger partial charge in [0, 0.05) is 49.1 Å². The standard InChI is InChI=1S/C18H23BrFN5.HI/c1-13-5-7-24(11-17(13)25-8-6-22-12-25)18(21-2)23-10-14-3-4-15(19)9-16(14)20;/h3-4,6,8-9,12-13,17H,5,7,10-11H2,1-2H3,(H,21,23);1H. The van der Waals surface area contributed by atoms with Crippen molar-refractivity contribution in [3.63, 3.8) is 0 Å². The lowest BCUT2D eigenvalue weighted by Gasteiger charge is -2.39. The van der Waals surface area contributed by atoms with E-state index in [1.165, 1.54) is 6.07 Å². The van der Waals surface area contributed by atoms with Gasteiger partial charge in [0.05, 0.1) is 12.4 Å². The summed E-state index contributed by atoms with van der Waals surface area (Å²) in [7, 11) is 1.77. The summed E-state index contributed by atoms with van der Waals surface area (Å²) in [6.45, 7) is 4.48. The second kappa shape index (κ2) is 9.68. The minimum atomic E-state index is -0.221. The molecule has 1 aromatic carbocycles. The number of likely N-dealkylation sites (tertiary alicyclic amines) is 1. The van der Waals surface area contributed by atoms with Gasteiger partial charge in [0.1, 0.15) is 5.82 Å². The van der Waals surface area contributed by atoms with E-state index in [1.807, 2.05) is 24.8 Å². The van der Waals surface area contributed by atoms with Gasteiger partial charge in [0.2, 0.25) is 0 Å². The molecule has 0 radical (unpaired) electrons. The molecule has 2 aromatic rings. The van der Waals surface area contributed by atoms with Gasteiger partial charge in [-0.2, -0.15) is 0 Å². The summed E-state index contributed by atoms with van der Waals surface area (Å²) in [5.41, 5.74) is 0.626. The van der Waals surface area contributed by atoms with E-state index >= 15 is 0 Å². The normalized spacial score (nSPS) is 20.6. The van der Waals surface area contributed by atoms with Gasteiger partial charge in [-0.15, -0.1) is 24.0 Å². The van der Waals surface area contributed by atoms with Crippen LogP contribution in [0.4, 0.5) is 4.39 Å². The van der Waals surface area contributed by atoms with Crippen molar-refractivity contribution in [1.29, 1.82) is 0 Å². The molecule has 2 heterocycles. The molecule has 2 unspecified atom stereocenters. The molecule has 3 rings (SSSR count). The molecule has 142 valence electrons. The van der Waals surface area contributed by atoms with Gasteiger partial charge in [0.25, 0.3) is 0 Å². The zero-order chi connectivity index (χ0) is 17.8. The molecule has 1 fully saturated rings. The van der Waals surface area contributed by atoms with Crippen LogP contribution in [0.2, 0.25) is 0 Å². The Morgan fingerprint density at radius 1 is 1.46 bits per heavy atom. The predicted octanol–water partition coefficient (Wildman–Crippen LogP) is 4.06. The lowest BCUT2D eigenvalue weighted by molar-refractivity contribution is 0.189. The third-order valence-corrected chi connectivity index (χ3v) is 5.28. The third kappa shape index (κ3) is 4.97. The van der Waals surface area contributed by atoms with E-state index < -0.39 is 0 Å². The molecule has 2 atom stereocenters. The Labute approximate surface area is 179 Å². The summed E-state index contributed by atoms with van der Waals surface area (Å²) < 4.78 is 16.9. The fourth-order valence-electron chi connectivity index (χ4n) is 3.27. The van der Waals surface area contributed by atoms with E-state index in [-0.39, 0.29) is 29.8 Å². The fourth-order valence-corrected chi connectivity index (χ4v) is 3.60. The van der Waals surface area contributed by atoms with Crippen molar-refractivity contribution in [1.82, 2.24) is 19.8 Å². The maximum Gasteiger partial charge on any atom is 0.193 e. The van der Waals surface area contributed by atoms with Gasteiger partial charge < -0.3 is 14.8 Å². The highest BCUT2D eigenvalue weighted by atomic mass is 127. The van der Waals surface area contributed by atoms with Crippen molar-refractivity contribution in [3.05, 3.63) is 52.8 Å². The highest BCUT2D eigenvalue weighted by Crippen LogP contribution is 2.27. The Balaban J connectivity index is 0.00000243. The van der Waals surface area contributed by atoms with Crippen LogP contribution in [0.5, 0.6) is 0 Å². The number of benzene rings is 1. The van der Waals surface area contributed by atoms with Crippen LogP contribution in [0, 0.1) is 11.7 Å². The van der Waals surface area contributed by atoms with Crippen molar-refractivity contribution in [2.45, 2.75) is 25.9 Å². The molecule has 1 saturated heterocycles. The number of rotatable bonds is 3. The smallest absolute Gasteiger partial charge is 0.193 e. The van der Waals surface area contributed by atoms with Gasteiger partial charge >= 0.3 is 0 Å². The zero-order valence-electron chi connectivity index (χ0n) is 14.9. The number of hydrogen-bond acceptors (Lipinski definition) is 2. The van der Waals surface area contributed by atoms with Gasteiger partial charge in [0.15, 0.2) is 5.96 Å². The van der Waals surface area contributed by atoms with Crippen LogP contribution in [0.15, 0.2) is 46.4 Å². The average molecular weight is 536 g/mol. The molecule has 26 heavy (non-hydrogen) atoms. The first-order valence-electron chi connectivity index (χ1n) is 8.45. The Kier molecular flexibility index (Phi) is 7.87. The lowest BCUT2D eigenvalue weighted by atomic mass is 9.93. The monoisotopic (exact) mass is 535 g/mol. The summed E-state index contributed by atoms with van der Waals surface area (Å²) in [5, 5.41) is 3.29. The zero-order valence-corrected chi connectivity index (χ0v) is 18.8. The minimum absolute atomic E-state index is 0. The molecule has 1 N–H and O–H groups in total. The largest absolute Gasteiger partial charge is 0.352 e. The number of halogens is 3. The predicted molar refractivity (Wildman–Crippen MR) is 116 cm³/mol. The maximum atomic E-state index is 14.0. The van der Waals surface area contributed by atoms with Crippen LogP contribution in [0.25, 0.3) is 0 Å². The second-order valence-corrected chi connectivity index (χ2v) is 7.34. The van der Waals surface area contributed by atoms with Crippen molar-refractivity contribution in [3.8, 4) is 0 Å². The molecule has 0 aliphatic carbocycles. The molecule has 1 aromatic heterocycles. The van der Waals surface area contributed by atoms with Gasteiger partial charge in [-0.05, 0) is 24.5 Å². The van der Waals surface area contributed by atoms with E-state index in [1.54, 1.807) is 13.1 Å². The molecule has 1 aliphatic heterocycles. The van der Waals surface area contributed by atoms with Gasteiger partial charge in [-0.3, -0.25) is 4.99 Å². The molecular weight excluding hydrogens is 512 g/mol. The number of guanidine groups is 1. The van der Waals surface area contributed by atoms with Gasteiger partial charge in [-0.1, -0.05) is 28.9 Å². The van der Waals surface area contributed by atoms with E-state index in [2.05, 4.69) is 47.6 Å². The van der Waals surface area contributed by atoms with Crippen LogP contribution in [-0.2, 0) is 6.54 Å². The van der Waals surface area contributed by atoms with E-state index in [0.717, 1.165) is 29.9 Å². The second-order valence-electron chi connectivity index (χ2n) is 6.43. The highest BCUT2D eigenvalue weighted by molar-refractivity contribution is 14.0. The molecule has 5 nitrogen and oxygen atoms in total. The first-order valence-corrected chi connectivity index (χ1v) is 9.24. The molecule has 0 spiro atoms. The Morgan fingerprint density at radius 2 is 2.27 bits per heavy atom. The number of aliphatic imine (C=N–C) groups is 1. The quantitative estimate of drug-likeness (QED) is 0.366. The first-order chi connectivity index (χ1) is 12.1. The van der Waals surface area contributed by atoms with Crippen LogP contribution in [0.3, 0.4) is 0 Å². The van der Waals surface area contributed by atoms with Crippen molar-refractivity contribution in [2.24, 2.45) is 10.9 Å². The number of piperidine rings is 1. The van der Waals surface area contributed by atoms with E-state index in [0.29, 0.717) is 24.1 Å². The average Bonchev–Trinajstić information content (AvgIpc) is 3.12. The number of imidazole rings is 1. The Hall–Kier alpha value is -1.16. The SMILES string of the molecule is CN=C(NCc1ccc(Br)cc1F)N1CCC(C)C(n2ccnc2)C1.I. The fraction of sp³-hybridized carbons (Fsp3) is 0.444. The number of nitrogens with one attached hydrogen (secondary N) is 1. The number of aromatic nitrogens is 2. The topological polar surface area (TPSA) is 45.5 Å². The van der Waals surface area contributed by atoms with E-state index in [9.17, 15) is 4.39 Å². The van der Waals surface area contributed by atoms with Crippen LogP contribution < -0.4 is 5.32 Å². The maximum absolute atomic E-state index is 14.0. The van der Waals surface area contributed by atoms with Crippen molar-refractivity contribution in [2.75, 3.05) is 20.1 Å². The Morgan fingerprint density at radius 3 is 2.92 bits per heavy atom. The lowest BCUT2D eigenvalue weighted by Crippen LogP contribution is -2.48. The molecule has 0 amide bonds. The van der Waals surface area contributed by atoms with Crippen LogP contribution >= 0.6 is 39.9 Å². The van der Waals surface area contributed by atoms with Gasteiger partial charge in [-0.25, -0.2) is 9.37 Å². The third-order valence-electron chi connectivity index (χ3n) is 4.79. The number of nitrogens with zero attached hydrogens (tertiary/aromatic N) is 4. The molecule has 1 aliphatic rings. The van der Waals surface area contributed by atoms with Crippen LogP contribution in [0.1, 0.15) is 24.9 Å². The van der Waals surface area contributed by atoms with Crippen molar-refractivity contribution >= 4 is 45.9 Å². The molecular formula is C18H24BrFIN5. The van der Waals surface area contributed by atoms with Crippen molar-refractivity contribution < 1.29 is 4.39 Å². The first kappa shape index (κ1) is 21.1. The van der Waals surface area contributed by atoms with E-state index in [4.69, 9.17) is 0 Å². The highest BCUT2D eigenvalue weighted by Gasteiger charge is 2.28. The minimum Gasteiger partial charge on any atom is -0.352 e. The summed E-state index contributed by atoms with van der Waals surface area (Å²) in [6.07, 6.45) is 6.78. The summed E-state index contributed by atoms with van der Waals surface area (Å²) in [5.74, 6) is 1.16. The summed E-state index contributed by atoms with van der Waals surface area (Å²) in [4.78, 5) is 10.8. The summed E-state index contributed by atoms with van der Waals surface area (Å²) >= 11 is 3.28. The molecule has 0 saturated carbocycles. The molecule has 8 heteroatoms. The Bertz CT molecular complexity index is 737. The van der Waals surface area contributed by atoms with Crippen LogP contribution in [-0.4, -0.2) is 40.5 Å².